The number of fused-ring (bicyclic) bond motifs is 4. The number of carbonyl (C=O) groups is 1. The highest BCUT2D eigenvalue weighted by Gasteiger charge is 2.33. The molecular formula is C28H35N3O3. The van der Waals surface area contributed by atoms with Crippen LogP contribution in [0.2, 0.25) is 0 Å². The average Bonchev–Trinajstić information content (AvgIpc) is 3.53. The summed E-state index contributed by atoms with van der Waals surface area (Å²) in [5.74, 6) is 1.47. The van der Waals surface area contributed by atoms with E-state index in [-0.39, 0.29) is 18.1 Å². The zero-order valence-electron chi connectivity index (χ0n) is 19.9. The number of rotatable bonds is 7. The third-order valence-corrected chi connectivity index (χ3v) is 8.18. The van der Waals surface area contributed by atoms with Crippen LogP contribution in [0.4, 0.5) is 0 Å². The highest BCUT2D eigenvalue weighted by atomic mass is 16.5. The van der Waals surface area contributed by atoms with Crippen LogP contribution in [0.5, 0.6) is 5.75 Å². The number of ether oxygens (including phenoxy) is 2. The Balaban J connectivity index is 1.01. The fourth-order valence-electron chi connectivity index (χ4n) is 6.30. The van der Waals surface area contributed by atoms with Gasteiger partial charge in [-0.2, -0.15) is 0 Å². The third-order valence-electron chi connectivity index (χ3n) is 8.18. The van der Waals surface area contributed by atoms with E-state index < -0.39 is 0 Å². The van der Waals surface area contributed by atoms with Gasteiger partial charge in [0.15, 0.2) is 0 Å². The smallest absolute Gasteiger partial charge is 0.270 e. The SMILES string of the molecule is O=C(N[C@@H]1Cc2ccc(CN3CC4CCC3CC4)cc2C1)c1ccc(OC[C@@H]2CCCO2)cn1. The minimum atomic E-state index is -0.118. The van der Waals surface area contributed by atoms with Gasteiger partial charge in [0.25, 0.3) is 5.91 Å². The monoisotopic (exact) mass is 461 g/mol. The van der Waals surface area contributed by atoms with Crippen LogP contribution < -0.4 is 10.1 Å². The number of pyridine rings is 1. The van der Waals surface area contributed by atoms with Gasteiger partial charge >= 0.3 is 0 Å². The van der Waals surface area contributed by atoms with Crippen LogP contribution in [-0.4, -0.2) is 53.7 Å². The molecule has 1 aromatic heterocycles. The molecule has 3 saturated heterocycles. The standard InChI is InChI=1S/C28H35N3O3/c32-28(27-10-9-25(15-29-27)34-18-26-2-1-11-33-26)30-23-13-21-6-3-20(12-22(21)14-23)17-31-16-19-4-7-24(31)8-5-19/h3,6,9-10,12,15,19,23-24,26H,1-2,4-5,7-8,11,13-14,16-18H2,(H,30,32)/t19?,23-,24?,26+/m1/s1. The molecule has 1 aromatic carbocycles. The van der Waals surface area contributed by atoms with E-state index in [2.05, 4.69) is 33.4 Å². The van der Waals surface area contributed by atoms with E-state index in [0.29, 0.717) is 18.1 Å². The topological polar surface area (TPSA) is 63.7 Å². The number of hydrogen-bond acceptors (Lipinski definition) is 5. The predicted molar refractivity (Wildman–Crippen MR) is 130 cm³/mol. The van der Waals surface area contributed by atoms with Crippen LogP contribution >= 0.6 is 0 Å². The van der Waals surface area contributed by atoms with Crippen molar-refractivity contribution in [2.75, 3.05) is 19.8 Å². The lowest BCUT2D eigenvalue weighted by Gasteiger charge is -2.45. The lowest BCUT2D eigenvalue weighted by molar-refractivity contribution is 0.0426. The first-order chi connectivity index (χ1) is 16.7. The molecule has 6 heteroatoms. The van der Waals surface area contributed by atoms with Crippen molar-refractivity contribution in [3.63, 3.8) is 0 Å². The van der Waals surface area contributed by atoms with Crippen molar-refractivity contribution in [3.05, 3.63) is 58.9 Å². The fourth-order valence-corrected chi connectivity index (χ4v) is 6.30. The van der Waals surface area contributed by atoms with Gasteiger partial charge in [-0.15, -0.1) is 0 Å². The van der Waals surface area contributed by atoms with Crippen molar-refractivity contribution < 1.29 is 14.3 Å². The molecule has 0 unspecified atom stereocenters. The number of carbonyl (C=O) groups excluding carboxylic acids is 1. The second-order valence-corrected chi connectivity index (χ2v) is 10.6. The van der Waals surface area contributed by atoms with E-state index in [1.807, 2.05) is 6.07 Å². The van der Waals surface area contributed by atoms with Crippen molar-refractivity contribution in [2.24, 2.45) is 5.92 Å². The van der Waals surface area contributed by atoms with Gasteiger partial charge in [0.05, 0.1) is 12.3 Å². The Hall–Kier alpha value is -2.44. The Morgan fingerprint density at radius 3 is 2.71 bits per heavy atom. The average molecular weight is 462 g/mol. The highest BCUT2D eigenvalue weighted by Crippen LogP contribution is 2.36. The number of aromatic nitrogens is 1. The molecule has 1 amide bonds. The lowest BCUT2D eigenvalue weighted by atomic mass is 9.80. The number of amides is 1. The summed E-state index contributed by atoms with van der Waals surface area (Å²) in [6, 6.07) is 11.4. The summed E-state index contributed by atoms with van der Waals surface area (Å²) in [4.78, 5) is 19.8. The summed E-state index contributed by atoms with van der Waals surface area (Å²) in [5.41, 5.74) is 4.59. The molecule has 180 valence electrons. The molecule has 2 aromatic rings. The normalized spacial score (nSPS) is 28.1. The van der Waals surface area contributed by atoms with Crippen molar-refractivity contribution >= 4 is 5.91 Å². The molecule has 0 radical (unpaired) electrons. The zero-order chi connectivity index (χ0) is 22.9. The maximum absolute atomic E-state index is 12.8. The molecule has 3 aliphatic heterocycles. The summed E-state index contributed by atoms with van der Waals surface area (Å²) in [6.07, 6.45) is 11.3. The highest BCUT2D eigenvalue weighted by molar-refractivity contribution is 5.92. The molecule has 2 atom stereocenters. The Bertz CT molecular complexity index is 1010. The number of nitrogens with one attached hydrogen (secondary N) is 1. The van der Waals surface area contributed by atoms with Crippen LogP contribution in [0.3, 0.4) is 0 Å². The maximum atomic E-state index is 12.8. The Kier molecular flexibility index (Phi) is 6.27. The van der Waals surface area contributed by atoms with E-state index in [9.17, 15) is 4.79 Å². The lowest BCUT2D eigenvalue weighted by Crippen LogP contribution is -2.47. The van der Waals surface area contributed by atoms with Gasteiger partial charge in [-0.05, 0) is 86.1 Å². The summed E-state index contributed by atoms with van der Waals surface area (Å²) >= 11 is 0. The molecule has 7 rings (SSSR count). The van der Waals surface area contributed by atoms with E-state index >= 15 is 0 Å². The van der Waals surface area contributed by atoms with Crippen molar-refractivity contribution in [1.82, 2.24) is 15.2 Å². The molecule has 0 spiro atoms. The van der Waals surface area contributed by atoms with E-state index in [1.165, 1.54) is 48.9 Å². The minimum Gasteiger partial charge on any atom is -0.489 e. The van der Waals surface area contributed by atoms with Crippen LogP contribution in [0.25, 0.3) is 0 Å². The first-order valence-corrected chi connectivity index (χ1v) is 13.1. The molecule has 34 heavy (non-hydrogen) atoms. The zero-order valence-corrected chi connectivity index (χ0v) is 19.9. The molecule has 2 bridgehead atoms. The Morgan fingerprint density at radius 1 is 1.09 bits per heavy atom. The summed E-state index contributed by atoms with van der Waals surface area (Å²) in [7, 11) is 0. The molecule has 4 fully saturated rings. The van der Waals surface area contributed by atoms with Gasteiger partial charge < -0.3 is 14.8 Å². The Labute approximate surface area is 202 Å². The molecule has 5 aliphatic rings. The van der Waals surface area contributed by atoms with Crippen LogP contribution in [0.1, 0.15) is 65.7 Å². The van der Waals surface area contributed by atoms with Gasteiger partial charge in [-0.25, -0.2) is 4.98 Å². The van der Waals surface area contributed by atoms with E-state index in [0.717, 1.165) is 50.8 Å². The molecular weight excluding hydrogens is 426 g/mol. The van der Waals surface area contributed by atoms with Crippen LogP contribution in [0, 0.1) is 5.92 Å². The van der Waals surface area contributed by atoms with E-state index in [1.54, 1.807) is 12.3 Å². The first-order valence-electron chi connectivity index (χ1n) is 13.1. The first kappa shape index (κ1) is 22.1. The second-order valence-electron chi connectivity index (χ2n) is 10.6. The summed E-state index contributed by atoms with van der Waals surface area (Å²) < 4.78 is 11.3. The molecule has 4 heterocycles. The summed E-state index contributed by atoms with van der Waals surface area (Å²) in [5, 5.41) is 3.19. The predicted octanol–water partition coefficient (Wildman–Crippen LogP) is 3.91. The fraction of sp³-hybridized carbons (Fsp3) is 0.571. The minimum absolute atomic E-state index is 0.118. The quantitative estimate of drug-likeness (QED) is 0.677. The van der Waals surface area contributed by atoms with E-state index in [4.69, 9.17) is 9.47 Å². The van der Waals surface area contributed by atoms with Gasteiger partial charge in [-0.1, -0.05) is 18.2 Å². The molecule has 6 nitrogen and oxygen atoms in total. The van der Waals surface area contributed by atoms with Crippen molar-refractivity contribution in [2.45, 2.75) is 76.1 Å². The summed E-state index contributed by atoms with van der Waals surface area (Å²) in [6.45, 7) is 3.69. The maximum Gasteiger partial charge on any atom is 0.270 e. The van der Waals surface area contributed by atoms with Crippen LogP contribution in [0.15, 0.2) is 36.5 Å². The van der Waals surface area contributed by atoms with Gasteiger partial charge in [0, 0.05) is 31.8 Å². The number of piperidine rings is 2. The Morgan fingerprint density at radius 2 is 1.97 bits per heavy atom. The van der Waals surface area contributed by atoms with Crippen LogP contribution in [-0.2, 0) is 24.1 Å². The third kappa shape index (κ3) is 4.84. The molecule has 1 saturated carbocycles. The van der Waals surface area contributed by atoms with Crippen molar-refractivity contribution in [1.29, 1.82) is 0 Å². The van der Waals surface area contributed by atoms with Gasteiger partial charge in [-0.3, -0.25) is 9.69 Å². The number of hydrogen-bond donors (Lipinski definition) is 1. The molecule has 2 aliphatic carbocycles. The second kappa shape index (κ2) is 9.67. The van der Waals surface area contributed by atoms with Gasteiger partial charge in [0.2, 0.25) is 0 Å². The van der Waals surface area contributed by atoms with Gasteiger partial charge in [0.1, 0.15) is 18.1 Å². The molecule has 1 N–H and O–H groups in total. The number of benzene rings is 1. The number of nitrogens with zero attached hydrogens (tertiary/aromatic N) is 2. The van der Waals surface area contributed by atoms with Crippen molar-refractivity contribution in [3.8, 4) is 5.75 Å². The largest absolute Gasteiger partial charge is 0.489 e.